The van der Waals surface area contributed by atoms with E-state index in [0.29, 0.717) is 25.5 Å². The maximum atomic E-state index is 6.26. The number of aryl methyl sites for hydroxylation is 1. The Balaban J connectivity index is 1.77. The van der Waals surface area contributed by atoms with Crippen molar-refractivity contribution in [2.45, 2.75) is 25.4 Å². The van der Waals surface area contributed by atoms with Crippen LogP contribution in [0.4, 0.5) is 0 Å². The molecule has 2 aromatic heterocycles. The van der Waals surface area contributed by atoms with Crippen LogP contribution in [0, 0.1) is 6.92 Å². The Morgan fingerprint density at radius 3 is 3.12 bits per heavy atom. The number of benzene rings is 1. The highest BCUT2D eigenvalue weighted by atomic mass is 16.8. The average molecular weight is 328 g/mol. The zero-order chi connectivity index (χ0) is 16.6. The summed E-state index contributed by atoms with van der Waals surface area (Å²) in [5.74, 6) is -0.300. The predicted molar refractivity (Wildman–Crippen MR) is 87.6 cm³/mol. The normalized spacial score (nSPS) is 24.0. The number of imidazole rings is 1. The van der Waals surface area contributed by atoms with Crippen LogP contribution in [0.1, 0.15) is 11.3 Å². The largest absolute Gasteiger partial charge is 0.462 e. The van der Waals surface area contributed by atoms with Crippen LogP contribution in [0.15, 0.2) is 47.6 Å². The Kier molecular flexibility index (Phi) is 3.88. The quantitative estimate of drug-likeness (QED) is 0.721. The van der Waals surface area contributed by atoms with Crippen LogP contribution in [-0.2, 0) is 26.5 Å². The van der Waals surface area contributed by atoms with E-state index in [0.717, 1.165) is 10.8 Å². The van der Waals surface area contributed by atoms with Crippen LogP contribution < -0.4 is 0 Å². The first-order valence-corrected chi connectivity index (χ1v) is 7.95. The number of hydrogen-bond donors (Lipinski definition) is 0. The first kappa shape index (κ1) is 15.4. The fourth-order valence-electron chi connectivity index (χ4n) is 3.19. The SMILES string of the molecule is COCC1COC(Cn2ccnc2)(c2occ3cc(C)ccc23)O1. The molecular formula is C18H20N2O4. The van der Waals surface area contributed by atoms with Gasteiger partial charge in [-0.05, 0) is 13.0 Å². The number of furan rings is 1. The van der Waals surface area contributed by atoms with E-state index in [1.807, 2.05) is 10.8 Å². The van der Waals surface area contributed by atoms with Crippen molar-refractivity contribution < 1.29 is 18.6 Å². The molecule has 6 nitrogen and oxygen atoms in total. The number of methoxy groups -OCH3 is 1. The lowest BCUT2D eigenvalue weighted by molar-refractivity contribution is -0.201. The van der Waals surface area contributed by atoms with E-state index in [9.17, 15) is 0 Å². The Morgan fingerprint density at radius 1 is 1.42 bits per heavy atom. The summed E-state index contributed by atoms with van der Waals surface area (Å²) in [4.78, 5) is 4.10. The lowest BCUT2D eigenvalue weighted by Gasteiger charge is -2.26. The zero-order valence-electron chi connectivity index (χ0n) is 13.8. The topological polar surface area (TPSA) is 58.7 Å². The molecule has 24 heavy (non-hydrogen) atoms. The number of hydrogen-bond acceptors (Lipinski definition) is 5. The number of aromatic nitrogens is 2. The highest BCUT2D eigenvalue weighted by molar-refractivity contribution is 5.85. The molecular weight excluding hydrogens is 308 g/mol. The molecule has 1 aliphatic rings. The molecule has 1 aromatic carbocycles. The third-order valence-electron chi connectivity index (χ3n) is 4.26. The highest BCUT2D eigenvalue weighted by Gasteiger charge is 2.47. The Labute approximate surface area is 139 Å². The molecule has 6 heteroatoms. The van der Waals surface area contributed by atoms with Crippen LogP contribution in [0.3, 0.4) is 0 Å². The van der Waals surface area contributed by atoms with Gasteiger partial charge in [0, 0.05) is 30.3 Å². The van der Waals surface area contributed by atoms with Gasteiger partial charge in [0.15, 0.2) is 5.76 Å². The van der Waals surface area contributed by atoms with Crippen molar-refractivity contribution in [1.29, 1.82) is 0 Å². The molecule has 1 aliphatic heterocycles. The fourth-order valence-corrected chi connectivity index (χ4v) is 3.19. The van der Waals surface area contributed by atoms with E-state index >= 15 is 0 Å². The number of fused-ring (bicyclic) bond motifs is 1. The third-order valence-corrected chi connectivity index (χ3v) is 4.26. The zero-order valence-corrected chi connectivity index (χ0v) is 13.8. The molecule has 0 amide bonds. The number of nitrogens with zero attached hydrogens (tertiary/aromatic N) is 2. The van der Waals surface area contributed by atoms with Gasteiger partial charge in [-0.3, -0.25) is 0 Å². The molecule has 1 fully saturated rings. The fraction of sp³-hybridized carbons (Fsp3) is 0.389. The second-order valence-corrected chi connectivity index (χ2v) is 6.15. The second-order valence-electron chi connectivity index (χ2n) is 6.15. The summed E-state index contributed by atoms with van der Waals surface area (Å²) in [5.41, 5.74) is 1.18. The number of rotatable bonds is 5. The monoisotopic (exact) mass is 328 g/mol. The molecule has 3 aromatic rings. The first-order chi connectivity index (χ1) is 11.7. The van der Waals surface area contributed by atoms with Crippen molar-refractivity contribution >= 4 is 10.8 Å². The van der Waals surface area contributed by atoms with Crippen LogP contribution in [0.25, 0.3) is 10.8 Å². The summed E-state index contributed by atoms with van der Waals surface area (Å²) in [7, 11) is 1.66. The van der Waals surface area contributed by atoms with Crippen LogP contribution in [-0.4, -0.2) is 36.0 Å². The average Bonchev–Trinajstić information content (AvgIpc) is 3.28. The van der Waals surface area contributed by atoms with Gasteiger partial charge in [-0.25, -0.2) is 4.98 Å². The maximum absolute atomic E-state index is 6.26. The third kappa shape index (κ3) is 2.62. The molecule has 0 bridgehead atoms. The van der Waals surface area contributed by atoms with E-state index < -0.39 is 5.79 Å². The van der Waals surface area contributed by atoms with E-state index in [1.54, 1.807) is 25.9 Å². The first-order valence-electron chi connectivity index (χ1n) is 7.95. The summed E-state index contributed by atoms with van der Waals surface area (Å²) >= 11 is 0. The van der Waals surface area contributed by atoms with Crippen molar-refractivity contribution in [3.8, 4) is 0 Å². The number of ether oxygens (including phenoxy) is 3. The van der Waals surface area contributed by atoms with Gasteiger partial charge in [0.05, 0.1) is 32.3 Å². The molecule has 0 radical (unpaired) electrons. The summed E-state index contributed by atoms with van der Waals surface area (Å²) in [6.45, 7) is 3.45. The molecule has 4 rings (SSSR count). The van der Waals surface area contributed by atoms with E-state index in [4.69, 9.17) is 18.6 Å². The molecule has 0 saturated carbocycles. The lowest BCUT2D eigenvalue weighted by Crippen LogP contribution is -2.33. The van der Waals surface area contributed by atoms with Crippen LogP contribution >= 0.6 is 0 Å². The molecule has 0 N–H and O–H groups in total. The van der Waals surface area contributed by atoms with Gasteiger partial charge in [-0.2, -0.15) is 0 Å². The molecule has 2 unspecified atom stereocenters. The molecule has 3 heterocycles. The van der Waals surface area contributed by atoms with Crippen molar-refractivity contribution in [2.24, 2.45) is 0 Å². The minimum atomic E-state index is -0.985. The highest BCUT2D eigenvalue weighted by Crippen LogP contribution is 2.40. The predicted octanol–water partition coefficient (Wildman–Crippen LogP) is 2.85. The van der Waals surface area contributed by atoms with Crippen molar-refractivity contribution in [3.05, 3.63) is 54.5 Å². The van der Waals surface area contributed by atoms with Crippen molar-refractivity contribution in [2.75, 3.05) is 20.3 Å². The van der Waals surface area contributed by atoms with Gasteiger partial charge in [-0.15, -0.1) is 0 Å². The van der Waals surface area contributed by atoms with Gasteiger partial charge in [0.1, 0.15) is 6.10 Å². The van der Waals surface area contributed by atoms with Gasteiger partial charge >= 0.3 is 0 Å². The minimum absolute atomic E-state index is 0.135. The Hall–Kier alpha value is -2.15. The Morgan fingerprint density at radius 2 is 2.33 bits per heavy atom. The van der Waals surface area contributed by atoms with Crippen LogP contribution in [0.5, 0.6) is 0 Å². The van der Waals surface area contributed by atoms with Crippen LogP contribution in [0.2, 0.25) is 0 Å². The molecule has 126 valence electrons. The van der Waals surface area contributed by atoms with E-state index in [1.165, 1.54) is 5.56 Å². The van der Waals surface area contributed by atoms with Gasteiger partial charge in [-0.1, -0.05) is 17.7 Å². The standard InChI is InChI=1S/C18H20N2O4/c1-13-3-4-16-14(7-13)8-22-17(16)18(11-20-6-5-19-12-20)23-10-15(24-18)9-21-2/h3-8,12,15H,9-11H2,1-2H3. The molecule has 1 saturated heterocycles. The van der Waals surface area contributed by atoms with E-state index in [2.05, 4.69) is 30.1 Å². The molecule has 2 atom stereocenters. The summed E-state index contributed by atoms with van der Waals surface area (Å²) in [6.07, 6.45) is 6.98. The Bertz CT molecular complexity index is 827. The minimum Gasteiger partial charge on any atom is -0.462 e. The molecule has 0 spiro atoms. The van der Waals surface area contributed by atoms with Crippen molar-refractivity contribution in [3.63, 3.8) is 0 Å². The summed E-state index contributed by atoms with van der Waals surface area (Å²) < 4.78 is 25.4. The second kappa shape index (κ2) is 6.05. The summed E-state index contributed by atoms with van der Waals surface area (Å²) in [5, 5.41) is 2.04. The maximum Gasteiger partial charge on any atom is 0.248 e. The summed E-state index contributed by atoms with van der Waals surface area (Å²) in [6, 6.07) is 6.21. The van der Waals surface area contributed by atoms with E-state index in [-0.39, 0.29) is 6.10 Å². The lowest BCUT2D eigenvalue weighted by atomic mass is 10.1. The van der Waals surface area contributed by atoms with Gasteiger partial charge in [0.2, 0.25) is 5.79 Å². The van der Waals surface area contributed by atoms with Gasteiger partial charge in [0.25, 0.3) is 0 Å². The molecule has 0 aliphatic carbocycles. The smallest absolute Gasteiger partial charge is 0.248 e. The van der Waals surface area contributed by atoms with Gasteiger partial charge < -0.3 is 23.2 Å². The van der Waals surface area contributed by atoms with Crippen molar-refractivity contribution in [1.82, 2.24) is 9.55 Å².